The highest BCUT2D eigenvalue weighted by Gasteiger charge is 2.27. The van der Waals surface area contributed by atoms with E-state index in [1.54, 1.807) is 7.11 Å². The summed E-state index contributed by atoms with van der Waals surface area (Å²) in [5.41, 5.74) is 3.39. The maximum atomic E-state index is 12.6. The van der Waals surface area contributed by atoms with E-state index in [9.17, 15) is 4.79 Å². The fourth-order valence-corrected chi connectivity index (χ4v) is 2.80. The molecule has 0 saturated heterocycles. The molecule has 1 unspecified atom stereocenters. The molecule has 1 atom stereocenters. The van der Waals surface area contributed by atoms with Gasteiger partial charge in [-0.05, 0) is 42.3 Å². The third-order valence-electron chi connectivity index (χ3n) is 4.17. The first-order valence-electron chi connectivity index (χ1n) is 7.18. The van der Waals surface area contributed by atoms with Crippen LogP contribution in [0.25, 0.3) is 0 Å². The highest BCUT2D eigenvalue weighted by atomic mass is 16.5. The molecule has 3 nitrogen and oxygen atoms in total. The van der Waals surface area contributed by atoms with E-state index < -0.39 is 0 Å². The number of hydrogen-bond donors (Lipinski definition) is 0. The second-order valence-corrected chi connectivity index (χ2v) is 5.44. The smallest absolute Gasteiger partial charge is 0.179 e. The van der Waals surface area contributed by atoms with Crippen molar-refractivity contribution >= 4 is 5.78 Å². The number of carbonyl (C=O) groups excluding carboxylic acids is 1. The van der Waals surface area contributed by atoms with Crippen LogP contribution in [0, 0.1) is 0 Å². The van der Waals surface area contributed by atoms with Gasteiger partial charge in [0.05, 0.1) is 13.2 Å². The van der Waals surface area contributed by atoms with Crippen LogP contribution in [-0.4, -0.2) is 23.8 Å². The third-order valence-corrected chi connectivity index (χ3v) is 4.17. The number of hydrogen-bond acceptors (Lipinski definition) is 3. The summed E-state index contributed by atoms with van der Waals surface area (Å²) in [6, 6.07) is 15.6. The number of fused-ring (bicyclic) bond motifs is 1. The molecule has 0 aromatic heterocycles. The van der Waals surface area contributed by atoms with Gasteiger partial charge >= 0.3 is 0 Å². The Labute approximate surface area is 125 Å². The molecule has 0 radical (unpaired) electrons. The van der Waals surface area contributed by atoms with Crippen LogP contribution in [0.4, 0.5) is 0 Å². The van der Waals surface area contributed by atoms with Crippen molar-refractivity contribution in [1.82, 2.24) is 4.90 Å². The lowest BCUT2D eigenvalue weighted by Gasteiger charge is -2.22. The highest BCUT2D eigenvalue weighted by molar-refractivity contribution is 6.00. The minimum absolute atomic E-state index is 0.120. The number of rotatable bonds is 4. The SMILES string of the molecule is COc1ccc(C(=O)C(C)N2Cc3ccccc3C2)cc1. The fourth-order valence-electron chi connectivity index (χ4n) is 2.80. The molecule has 108 valence electrons. The van der Waals surface area contributed by atoms with Crippen LogP contribution in [0.1, 0.15) is 28.4 Å². The van der Waals surface area contributed by atoms with E-state index in [1.807, 2.05) is 31.2 Å². The topological polar surface area (TPSA) is 29.5 Å². The second-order valence-electron chi connectivity index (χ2n) is 5.44. The Morgan fingerprint density at radius 2 is 1.62 bits per heavy atom. The highest BCUT2D eigenvalue weighted by Crippen LogP contribution is 2.25. The Bertz CT molecular complexity index is 624. The lowest BCUT2D eigenvalue weighted by molar-refractivity contribution is 0.0835. The van der Waals surface area contributed by atoms with Crippen molar-refractivity contribution in [2.75, 3.05) is 7.11 Å². The number of ether oxygens (including phenoxy) is 1. The van der Waals surface area contributed by atoms with Crippen molar-refractivity contribution in [2.45, 2.75) is 26.1 Å². The van der Waals surface area contributed by atoms with Gasteiger partial charge in [0, 0.05) is 18.7 Å². The summed E-state index contributed by atoms with van der Waals surface area (Å²) in [6.07, 6.45) is 0. The van der Waals surface area contributed by atoms with Crippen molar-refractivity contribution in [3.63, 3.8) is 0 Å². The zero-order chi connectivity index (χ0) is 14.8. The molecule has 1 aliphatic rings. The monoisotopic (exact) mass is 281 g/mol. The molecule has 3 rings (SSSR count). The molecule has 0 bridgehead atoms. The van der Waals surface area contributed by atoms with Gasteiger partial charge < -0.3 is 4.74 Å². The van der Waals surface area contributed by atoms with Gasteiger partial charge in [-0.2, -0.15) is 0 Å². The molecule has 21 heavy (non-hydrogen) atoms. The predicted octanol–water partition coefficient (Wildman–Crippen LogP) is 3.28. The first-order chi connectivity index (χ1) is 10.2. The number of nitrogens with zero attached hydrogens (tertiary/aromatic N) is 1. The van der Waals surface area contributed by atoms with Crippen molar-refractivity contribution in [1.29, 1.82) is 0 Å². The second kappa shape index (κ2) is 5.70. The lowest BCUT2D eigenvalue weighted by atomic mass is 10.0. The van der Waals surface area contributed by atoms with Gasteiger partial charge in [-0.3, -0.25) is 9.69 Å². The lowest BCUT2D eigenvalue weighted by Crippen LogP contribution is -2.35. The zero-order valence-corrected chi connectivity index (χ0v) is 12.4. The molecule has 0 amide bonds. The summed E-state index contributed by atoms with van der Waals surface area (Å²) in [6.45, 7) is 3.68. The maximum Gasteiger partial charge on any atom is 0.179 e. The number of benzene rings is 2. The van der Waals surface area contributed by atoms with Crippen molar-refractivity contribution in [3.05, 3.63) is 65.2 Å². The van der Waals surface area contributed by atoms with E-state index in [-0.39, 0.29) is 11.8 Å². The Balaban J connectivity index is 1.73. The first kappa shape index (κ1) is 13.8. The van der Waals surface area contributed by atoms with Gasteiger partial charge in [-0.1, -0.05) is 24.3 Å². The van der Waals surface area contributed by atoms with Crippen LogP contribution in [0.5, 0.6) is 5.75 Å². The molecule has 0 N–H and O–H groups in total. The number of methoxy groups -OCH3 is 1. The quantitative estimate of drug-likeness (QED) is 0.805. The van der Waals surface area contributed by atoms with Crippen LogP contribution in [-0.2, 0) is 13.1 Å². The summed E-state index contributed by atoms with van der Waals surface area (Å²) in [5, 5.41) is 0. The summed E-state index contributed by atoms with van der Waals surface area (Å²) >= 11 is 0. The fraction of sp³-hybridized carbons (Fsp3) is 0.278. The Morgan fingerprint density at radius 1 is 1.05 bits per heavy atom. The van der Waals surface area contributed by atoms with Crippen molar-refractivity contribution < 1.29 is 9.53 Å². The molecule has 0 aliphatic carbocycles. The maximum absolute atomic E-state index is 12.6. The number of Topliss-reactive ketones (excluding diaryl/α,β-unsaturated/α-hetero) is 1. The van der Waals surface area contributed by atoms with E-state index in [2.05, 4.69) is 29.2 Å². The third kappa shape index (κ3) is 2.69. The van der Waals surface area contributed by atoms with Crippen LogP contribution >= 0.6 is 0 Å². The molecule has 0 saturated carbocycles. The van der Waals surface area contributed by atoms with Crippen LogP contribution in [0.3, 0.4) is 0 Å². The molecule has 0 spiro atoms. The van der Waals surface area contributed by atoms with E-state index in [1.165, 1.54) is 11.1 Å². The number of carbonyl (C=O) groups is 1. The summed E-state index contributed by atoms with van der Waals surface area (Å²) in [4.78, 5) is 14.8. The van der Waals surface area contributed by atoms with Crippen molar-refractivity contribution in [3.8, 4) is 5.75 Å². The van der Waals surface area contributed by atoms with Gasteiger partial charge in [-0.15, -0.1) is 0 Å². The average molecular weight is 281 g/mol. The minimum Gasteiger partial charge on any atom is -0.497 e. The van der Waals surface area contributed by atoms with Crippen LogP contribution in [0.2, 0.25) is 0 Å². The Hall–Kier alpha value is -2.13. The summed E-state index contributed by atoms with van der Waals surface area (Å²) in [5.74, 6) is 0.929. The standard InChI is InChI=1S/C18H19NO2/c1-13(18(20)14-7-9-17(21-2)10-8-14)19-11-15-5-3-4-6-16(15)12-19/h3-10,13H,11-12H2,1-2H3. The number of ketones is 1. The Morgan fingerprint density at radius 3 is 2.14 bits per heavy atom. The zero-order valence-electron chi connectivity index (χ0n) is 12.4. The van der Waals surface area contributed by atoms with Crippen LogP contribution in [0.15, 0.2) is 48.5 Å². The van der Waals surface area contributed by atoms with Gasteiger partial charge in [0.2, 0.25) is 0 Å². The van der Waals surface area contributed by atoms with E-state index in [4.69, 9.17) is 4.74 Å². The van der Waals surface area contributed by atoms with Gasteiger partial charge in [0.15, 0.2) is 5.78 Å². The molecule has 2 aromatic rings. The van der Waals surface area contributed by atoms with E-state index >= 15 is 0 Å². The molecule has 0 fully saturated rings. The molecule has 2 aromatic carbocycles. The van der Waals surface area contributed by atoms with Gasteiger partial charge in [0.1, 0.15) is 5.75 Å². The van der Waals surface area contributed by atoms with Gasteiger partial charge in [-0.25, -0.2) is 0 Å². The van der Waals surface area contributed by atoms with E-state index in [0.29, 0.717) is 0 Å². The first-order valence-corrected chi connectivity index (χ1v) is 7.18. The van der Waals surface area contributed by atoms with E-state index in [0.717, 1.165) is 24.4 Å². The Kier molecular flexibility index (Phi) is 3.76. The average Bonchev–Trinajstić information content (AvgIpc) is 2.97. The molecular weight excluding hydrogens is 262 g/mol. The molecule has 3 heteroatoms. The largest absolute Gasteiger partial charge is 0.497 e. The normalized spacial score (nSPS) is 15.5. The predicted molar refractivity (Wildman–Crippen MR) is 82.5 cm³/mol. The summed E-state index contributed by atoms with van der Waals surface area (Å²) < 4.78 is 5.13. The molecule has 1 aliphatic heterocycles. The molecule has 1 heterocycles. The van der Waals surface area contributed by atoms with Crippen molar-refractivity contribution in [2.24, 2.45) is 0 Å². The molecular formula is C18H19NO2. The minimum atomic E-state index is -0.120. The van der Waals surface area contributed by atoms with Crippen LogP contribution < -0.4 is 4.74 Å². The summed E-state index contributed by atoms with van der Waals surface area (Å²) in [7, 11) is 1.63. The van der Waals surface area contributed by atoms with Gasteiger partial charge in [0.25, 0.3) is 0 Å².